The number of hydrogen-bond donors (Lipinski definition) is 1. The molecule has 1 aromatic carbocycles. The average molecular weight is 371 g/mol. The molecule has 2 saturated heterocycles. The molecule has 1 N–H and O–H groups in total. The van der Waals surface area contributed by atoms with Crippen LogP contribution in [0.25, 0.3) is 11.0 Å². The van der Waals surface area contributed by atoms with Crippen LogP contribution in [0.1, 0.15) is 30.1 Å². The Morgan fingerprint density at radius 3 is 2.70 bits per heavy atom. The fourth-order valence-corrected chi connectivity index (χ4v) is 4.03. The highest BCUT2D eigenvalue weighted by Gasteiger charge is 2.20. The zero-order chi connectivity index (χ0) is 18.8. The highest BCUT2D eigenvalue weighted by Crippen LogP contribution is 2.23. The first kappa shape index (κ1) is 18.3. The van der Waals surface area contributed by atoms with Crippen LogP contribution in [0.5, 0.6) is 0 Å². The molecule has 146 valence electrons. The quantitative estimate of drug-likeness (QED) is 0.865. The van der Waals surface area contributed by atoms with E-state index in [-0.39, 0.29) is 5.91 Å². The van der Waals surface area contributed by atoms with Gasteiger partial charge in [0.15, 0.2) is 0 Å². The van der Waals surface area contributed by atoms with Crippen molar-refractivity contribution in [1.82, 2.24) is 19.8 Å². The summed E-state index contributed by atoms with van der Waals surface area (Å²) in [6, 6.07) is 6.16. The molecule has 2 fully saturated rings. The van der Waals surface area contributed by atoms with Crippen LogP contribution in [0, 0.1) is 0 Å². The third-order valence-corrected chi connectivity index (χ3v) is 5.74. The van der Waals surface area contributed by atoms with E-state index < -0.39 is 0 Å². The molecule has 2 aliphatic heterocycles. The molecule has 0 radical (unpaired) electrons. The summed E-state index contributed by atoms with van der Waals surface area (Å²) in [7, 11) is 2.03. The number of morpholine rings is 1. The van der Waals surface area contributed by atoms with E-state index in [1.807, 2.05) is 25.2 Å². The first-order valence-electron chi connectivity index (χ1n) is 9.95. The van der Waals surface area contributed by atoms with E-state index in [1.54, 1.807) is 0 Å². The predicted octanol–water partition coefficient (Wildman–Crippen LogP) is 1.62. The Morgan fingerprint density at radius 1 is 1.22 bits per heavy atom. The van der Waals surface area contributed by atoms with Gasteiger partial charge in [-0.15, -0.1) is 0 Å². The molecule has 4 rings (SSSR count). The van der Waals surface area contributed by atoms with Gasteiger partial charge in [-0.1, -0.05) is 0 Å². The van der Waals surface area contributed by atoms with Crippen molar-refractivity contribution < 1.29 is 9.53 Å². The number of carbonyl (C=O) groups excluding carboxylic acids is 1. The number of ether oxygens (including phenoxy) is 1. The summed E-state index contributed by atoms with van der Waals surface area (Å²) in [5.41, 5.74) is 2.57. The largest absolute Gasteiger partial charge is 0.378 e. The Bertz CT molecular complexity index is 806. The number of amides is 1. The molecule has 27 heavy (non-hydrogen) atoms. The molecule has 0 aliphatic carbocycles. The van der Waals surface area contributed by atoms with Gasteiger partial charge >= 0.3 is 0 Å². The van der Waals surface area contributed by atoms with Crippen LogP contribution in [-0.2, 0) is 11.8 Å². The van der Waals surface area contributed by atoms with Gasteiger partial charge < -0.3 is 19.5 Å². The van der Waals surface area contributed by atoms with Gasteiger partial charge in [-0.3, -0.25) is 9.69 Å². The molecule has 1 unspecified atom stereocenters. The lowest BCUT2D eigenvalue weighted by Gasteiger charge is -2.27. The molecule has 2 aromatic rings. The van der Waals surface area contributed by atoms with Crippen molar-refractivity contribution in [3.63, 3.8) is 0 Å². The first-order chi connectivity index (χ1) is 13.1. The number of aryl methyl sites for hydroxylation is 1. The summed E-state index contributed by atoms with van der Waals surface area (Å²) in [6.07, 6.45) is 2.53. The van der Waals surface area contributed by atoms with Crippen molar-refractivity contribution in [3.05, 3.63) is 23.8 Å². The van der Waals surface area contributed by atoms with E-state index in [1.165, 1.54) is 12.8 Å². The van der Waals surface area contributed by atoms with Gasteiger partial charge in [0.1, 0.15) is 0 Å². The molecule has 1 amide bonds. The van der Waals surface area contributed by atoms with Crippen molar-refractivity contribution in [2.75, 3.05) is 50.8 Å². The number of hydrogen-bond acceptors (Lipinski definition) is 5. The van der Waals surface area contributed by atoms with Crippen LogP contribution >= 0.6 is 0 Å². The van der Waals surface area contributed by atoms with Crippen LogP contribution in [-0.4, -0.2) is 72.3 Å². The number of imidazole rings is 1. The van der Waals surface area contributed by atoms with E-state index in [0.717, 1.165) is 56.4 Å². The number of anilines is 1. The van der Waals surface area contributed by atoms with Gasteiger partial charge in [-0.25, -0.2) is 4.98 Å². The van der Waals surface area contributed by atoms with Crippen LogP contribution < -0.4 is 10.2 Å². The SMILES string of the molecule is CC(CNC(=O)c1ccc2c(c1)nc(N1CCOCC1)n2C)N1CCCC1. The van der Waals surface area contributed by atoms with Gasteiger partial charge in [0, 0.05) is 38.3 Å². The number of nitrogens with one attached hydrogen (secondary N) is 1. The van der Waals surface area contributed by atoms with Gasteiger partial charge in [0.25, 0.3) is 5.91 Å². The second-order valence-electron chi connectivity index (χ2n) is 7.58. The number of rotatable bonds is 5. The van der Waals surface area contributed by atoms with E-state index in [4.69, 9.17) is 9.72 Å². The maximum atomic E-state index is 12.6. The maximum absolute atomic E-state index is 12.6. The fourth-order valence-electron chi connectivity index (χ4n) is 4.03. The minimum Gasteiger partial charge on any atom is -0.378 e. The van der Waals surface area contributed by atoms with E-state index in [0.29, 0.717) is 18.2 Å². The molecule has 0 saturated carbocycles. The van der Waals surface area contributed by atoms with Crippen LogP contribution in [0.4, 0.5) is 5.95 Å². The molecule has 0 spiro atoms. The lowest BCUT2D eigenvalue weighted by atomic mass is 10.2. The smallest absolute Gasteiger partial charge is 0.251 e. The van der Waals surface area contributed by atoms with Crippen molar-refractivity contribution in [2.24, 2.45) is 7.05 Å². The molecule has 3 heterocycles. The molecule has 0 bridgehead atoms. The lowest BCUT2D eigenvalue weighted by Crippen LogP contribution is -2.40. The first-order valence-corrected chi connectivity index (χ1v) is 9.95. The molecule has 7 nitrogen and oxygen atoms in total. The van der Waals surface area contributed by atoms with Crippen molar-refractivity contribution in [3.8, 4) is 0 Å². The normalized spacial score (nSPS) is 19.6. The van der Waals surface area contributed by atoms with Crippen molar-refractivity contribution >= 4 is 22.9 Å². The van der Waals surface area contributed by atoms with Crippen LogP contribution in [0.3, 0.4) is 0 Å². The topological polar surface area (TPSA) is 62.6 Å². The zero-order valence-electron chi connectivity index (χ0n) is 16.3. The highest BCUT2D eigenvalue weighted by atomic mass is 16.5. The van der Waals surface area contributed by atoms with Gasteiger partial charge in [-0.05, 0) is 51.1 Å². The zero-order valence-corrected chi connectivity index (χ0v) is 16.3. The second-order valence-corrected chi connectivity index (χ2v) is 7.58. The second kappa shape index (κ2) is 7.86. The number of benzene rings is 1. The Morgan fingerprint density at radius 2 is 1.96 bits per heavy atom. The van der Waals surface area contributed by atoms with Crippen molar-refractivity contribution in [1.29, 1.82) is 0 Å². The van der Waals surface area contributed by atoms with E-state index >= 15 is 0 Å². The van der Waals surface area contributed by atoms with Crippen molar-refractivity contribution in [2.45, 2.75) is 25.8 Å². The third-order valence-electron chi connectivity index (χ3n) is 5.74. The number of carbonyl (C=O) groups is 1. The average Bonchev–Trinajstić information content (AvgIpc) is 3.35. The molecule has 1 atom stereocenters. The summed E-state index contributed by atoms with van der Waals surface area (Å²) in [6.45, 7) is 8.29. The minimum absolute atomic E-state index is 0.0264. The van der Waals surface area contributed by atoms with Gasteiger partial charge in [-0.2, -0.15) is 0 Å². The Kier molecular flexibility index (Phi) is 5.31. The fraction of sp³-hybridized carbons (Fsp3) is 0.600. The van der Waals surface area contributed by atoms with E-state index in [9.17, 15) is 4.79 Å². The molecule has 2 aliphatic rings. The maximum Gasteiger partial charge on any atom is 0.251 e. The highest BCUT2D eigenvalue weighted by molar-refractivity contribution is 5.97. The third kappa shape index (κ3) is 3.80. The number of nitrogens with zero attached hydrogens (tertiary/aromatic N) is 4. The Hall–Kier alpha value is -2.12. The Labute approximate surface area is 160 Å². The standard InChI is InChI=1S/C20H29N5O2/c1-15(24-7-3-4-8-24)14-21-19(26)16-5-6-18-17(13-16)22-20(23(18)2)25-9-11-27-12-10-25/h5-6,13,15H,3-4,7-12,14H2,1-2H3,(H,21,26). The number of likely N-dealkylation sites (tertiary alicyclic amines) is 1. The monoisotopic (exact) mass is 371 g/mol. The summed E-state index contributed by atoms with van der Waals surface area (Å²) in [4.78, 5) is 22.1. The number of fused-ring (bicyclic) bond motifs is 1. The lowest BCUT2D eigenvalue weighted by molar-refractivity contribution is 0.0940. The summed E-state index contributed by atoms with van der Waals surface area (Å²) in [5.74, 6) is 0.912. The molecule has 1 aromatic heterocycles. The van der Waals surface area contributed by atoms with E-state index in [2.05, 4.69) is 26.6 Å². The summed E-state index contributed by atoms with van der Waals surface area (Å²) in [5, 5.41) is 3.08. The van der Waals surface area contributed by atoms with Gasteiger partial charge in [0.2, 0.25) is 5.95 Å². The summed E-state index contributed by atoms with van der Waals surface area (Å²) < 4.78 is 7.53. The Balaban J connectivity index is 1.46. The predicted molar refractivity (Wildman–Crippen MR) is 106 cm³/mol. The molecule has 7 heteroatoms. The van der Waals surface area contributed by atoms with Crippen LogP contribution in [0.15, 0.2) is 18.2 Å². The summed E-state index contributed by atoms with van der Waals surface area (Å²) >= 11 is 0. The molecular formula is C20H29N5O2. The molecular weight excluding hydrogens is 342 g/mol. The van der Waals surface area contributed by atoms with Gasteiger partial charge in [0.05, 0.1) is 24.2 Å². The number of aromatic nitrogens is 2. The minimum atomic E-state index is -0.0264. The van der Waals surface area contributed by atoms with Crippen LogP contribution in [0.2, 0.25) is 0 Å².